The molecule has 0 radical (unpaired) electrons. The van der Waals surface area contributed by atoms with E-state index in [1.54, 1.807) is 7.05 Å². The van der Waals surface area contributed by atoms with Crippen LogP contribution in [0.1, 0.15) is 25.1 Å². The molecule has 1 unspecified atom stereocenters. The molecule has 1 atom stereocenters. The first-order valence-corrected chi connectivity index (χ1v) is 4.78. The number of alkyl halides is 1. The van der Waals surface area contributed by atoms with Gasteiger partial charge in [-0.15, -0.1) is 21.8 Å². The lowest BCUT2D eigenvalue weighted by Crippen LogP contribution is -2.04. The predicted octanol–water partition coefficient (Wildman–Crippen LogP) is 1.38. The second-order valence-electron chi connectivity index (χ2n) is 3.20. The van der Waals surface area contributed by atoms with E-state index in [-0.39, 0.29) is 5.38 Å². The van der Waals surface area contributed by atoms with Crippen LogP contribution >= 0.6 is 11.6 Å². The number of tetrazole rings is 1. The van der Waals surface area contributed by atoms with E-state index in [0.29, 0.717) is 5.82 Å². The van der Waals surface area contributed by atoms with Gasteiger partial charge in [-0.25, -0.2) is 0 Å². The summed E-state index contributed by atoms with van der Waals surface area (Å²) in [5.74, 6) is 0.716. The predicted molar refractivity (Wildman–Crippen MR) is 50.3 cm³/mol. The molecule has 1 heterocycles. The normalized spacial score (nSPS) is 22.9. The minimum absolute atomic E-state index is 0.132. The van der Waals surface area contributed by atoms with Gasteiger partial charge in [-0.05, 0) is 30.0 Å². The van der Waals surface area contributed by atoms with Crippen molar-refractivity contribution in [3.05, 3.63) is 11.9 Å². The fraction of sp³-hybridized carbons (Fsp3) is 0.625. The average Bonchev–Trinajstić information content (AvgIpc) is 2.52. The Bertz CT molecular complexity index is 331. The Hall–Kier alpha value is -0.900. The van der Waals surface area contributed by atoms with Gasteiger partial charge in [-0.2, -0.15) is 4.80 Å². The summed E-state index contributed by atoms with van der Waals surface area (Å²) in [6.45, 7) is 0. The van der Waals surface area contributed by atoms with Crippen molar-refractivity contribution in [2.45, 2.75) is 24.6 Å². The first kappa shape index (κ1) is 8.69. The van der Waals surface area contributed by atoms with Crippen molar-refractivity contribution < 1.29 is 0 Å². The smallest absolute Gasteiger partial charge is 0.167 e. The lowest BCUT2D eigenvalue weighted by molar-refractivity contribution is 0.629. The molecule has 0 fully saturated rings. The summed E-state index contributed by atoms with van der Waals surface area (Å²) in [5, 5.41) is 12.0. The molecule has 2 rings (SSSR count). The number of halogens is 1. The molecule has 13 heavy (non-hydrogen) atoms. The van der Waals surface area contributed by atoms with E-state index in [9.17, 15) is 0 Å². The summed E-state index contributed by atoms with van der Waals surface area (Å²) in [6.07, 6.45) is 5.19. The second kappa shape index (κ2) is 3.46. The first-order valence-electron chi connectivity index (χ1n) is 4.35. The molecular formula is C8H11ClN4. The number of aromatic nitrogens is 4. The molecule has 0 spiro atoms. The Morgan fingerprint density at radius 2 is 2.46 bits per heavy atom. The van der Waals surface area contributed by atoms with Gasteiger partial charge in [-0.1, -0.05) is 6.08 Å². The molecule has 0 saturated heterocycles. The molecule has 4 nitrogen and oxygen atoms in total. The zero-order valence-corrected chi connectivity index (χ0v) is 8.20. The van der Waals surface area contributed by atoms with Crippen molar-refractivity contribution in [3.63, 3.8) is 0 Å². The fourth-order valence-corrected chi connectivity index (χ4v) is 1.78. The first-order chi connectivity index (χ1) is 6.25. The van der Waals surface area contributed by atoms with E-state index in [1.165, 1.54) is 4.80 Å². The molecular weight excluding hydrogens is 188 g/mol. The molecule has 70 valence electrons. The zero-order valence-electron chi connectivity index (χ0n) is 7.44. The van der Waals surface area contributed by atoms with Crippen LogP contribution in [0.4, 0.5) is 0 Å². The van der Waals surface area contributed by atoms with Crippen molar-refractivity contribution >= 4 is 17.2 Å². The Labute approximate surface area is 81.6 Å². The monoisotopic (exact) mass is 198 g/mol. The van der Waals surface area contributed by atoms with Gasteiger partial charge in [0.2, 0.25) is 5.82 Å². The highest BCUT2D eigenvalue weighted by Crippen LogP contribution is 2.26. The van der Waals surface area contributed by atoms with Crippen LogP contribution in [-0.2, 0) is 7.05 Å². The van der Waals surface area contributed by atoms with Gasteiger partial charge in [0, 0.05) is 0 Å². The lowest BCUT2D eigenvalue weighted by Gasteiger charge is -2.13. The quantitative estimate of drug-likeness (QED) is 0.641. The van der Waals surface area contributed by atoms with Crippen molar-refractivity contribution in [2.75, 3.05) is 0 Å². The van der Waals surface area contributed by atoms with Gasteiger partial charge in [-0.3, -0.25) is 0 Å². The van der Waals surface area contributed by atoms with E-state index in [4.69, 9.17) is 11.6 Å². The molecule has 0 saturated carbocycles. The minimum Gasteiger partial charge on any atom is -0.167 e. The Balaban J connectivity index is 2.25. The van der Waals surface area contributed by atoms with Crippen LogP contribution in [0.5, 0.6) is 0 Å². The molecule has 0 aliphatic heterocycles. The van der Waals surface area contributed by atoms with Gasteiger partial charge >= 0.3 is 0 Å². The summed E-state index contributed by atoms with van der Waals surface area (Å²) in [4.78, 5) is 1.47. The van der Waals surface area contributed by atoms with Crippen LogP contribution in [-0.4, -0.2) is 25.6 Å². The van der Waals surface area contributed by atoms with E-state index in [0.717, 1.165) is 24.8 Å². The maximum Gasteiger partial charge on any atom is 0.200 e. The third kappa shape index (κ3) is 1.88. The molecule has 1 aromatic heterocycles. The summed E-state index contributed by atoms with van der Waals surface area (Å²) in [5.41, 5.74) is 1.12. The third-order valence-electron chi connectivity index (χ3n) is 2.10. The van der Waals surface area contributed by atoms with Crippen molar-refractivity contribution in [1.82, 2.24) is 20.2 Å². The van der Waals surface area contributed by atoms with Crippen molar-refractivity contribution in [2.24, 2.45) is 7.05 Å². The van der Waals surface area contributed by atoms with Crippen LogP contribution in [0, 0.1) is 0 Å². The van der Waals surface area contributed by atoms with Gasteiger partial charge in [0.1, 0.15) is 0 Å². The number of rotatable bonds is 1. The van der Waals surface area contributed by atoms with Gasteiger partial charge in [0.05, 0.1) is 12.4 Å². The number of allylic oxidation sites excluding steroid dienone is 2. The van der Waals surface area contributed by atoms with Crippen LogP contribution in [0.3, 0.4) is 0 Å². The standard InChI is InChI=1S/C8H11ClN4/c1-13-11-8(10-12-13)6-3-2-4-7(9)5-6/h5,7H,2-4H2,1H3. The third-order valence-corrected chi connectivity index (χ3v) is 2.45. The Morgan fingerprint density at radius 1 is 1.62 bits per heavy atom. The lowest BCUT2D eigenvalue weighted by atomic mass is 9.99. The topological polar surface area (TPSA) is 43.6 Å². The highest BCUT2D eigenvalue weighted by atomic mass is 35.5. The van der Waals surface area contributed by atoms with E-state index >= 15 is 0 Å². The fourth-order valence-electron chi connectivity index (χ4n) is 1.47. The van der Waals surface area contributed by atoms with Gasteiger partial charge in [0.15, 0.2) is 0 Å². The van der Waals surface area contributed by atoms with Gasteiger partial charge < -0.3 is 0 Å². The highest BCUT2D eigenvalue weighted by molar-refractivity contribution is 6.22. The summed E-state index contributed by atoms with van der Waals surface area (Å²) >= 11 is 6.01. The van der Waals surface area contributed by atoms with Gasteiger partial charge in [0.25, 0.3) is 0 Å². The second-order valence-corrected chi connectivity index (χ2v) is 3.76. The van der Waals surface area contributed by atoms with Crippen LogP contribution in [0.2, 0.25) is 0 Å². The molecule has 5 heteroatoms. The molecule has 1 aromatic rings. The van der Waals surface area contributed by atoms with Crippen LogP contribution in [0.25, 0.3) is 5.57 Å². The van der Waals surface area contributed by atoms with Crippen molar-refractivity contribution in [3.8, 4) is 0 Å². The maximum absolute atomic E-state index is 6.01. The molecule has 0 bridgehead atoms. The van der Waals surface area contributed by atoms with Crippen LogP contribution in [0.15, 0.2) is 6.08 Å². The Morgan fingerprint density at radius 3 is 3.08 bits per heavy atom. The minimum atomic E-state index is 0.132. The van der Waals surface area contributed by atoms with E-state index < -0.39 is 0 Å². The summed E-state index contributed by atoms with van der Waals surface area (Å²) < 4.78 is 0. The number of nitrogens with zero attached hydrogens (tertiary/aromatic N) is 4. The van der Waals surface area contributed by atoms with E-state index in [1.807, 2.05) is 6.08 Å². The molecule has 1 aliphatic rings. The zero-order chi connectivity index (χ0) is 9.26. The number of hydrogen-bond acceptors (Lipinski definition) is 3. The summed E-state index contributed by atoms with van der Waals surface area (Å²) in [6, 6.07) is 0. The highest BCUT2D eigenvalue weighted by Gasteiger charge is 2.15. The number of hydrogen-bond donors (Lipinski definition) is 0. The maximum atomic E-state index is 6.01. The van der Waals surface area contributed by atoms with Crippen molar-refractivity contribution in [1.29, 1.82) is 0 Å². The SMILES string of the molecule is Cn1nnc(C2=CC(Cl)CCC2)n1. The summed E-state index contributed by atoms with van der Waals surface area (Å²) in [7, 11) is 1.76. The van der Waals surface area contributed by atoms with Crippen LogP contribution < -0.4 is 0 Å². The largest absolute Gasteiger partial charge is 0.200 e. The molecule has 1 aliphatic carbocycles. The average molecular weight is 199 g/mol. The van der Waals surface area contributed by atoms with E-state index in [2.05, 4.69) is 15.4 Å². The Kier molecular flexibility index (Phi) is 2.31. The molecule has 0 N–H and O–H groups in total. The number of aryl methyl sites for hydroxylation is 1. The molecule has 0 aromatic carbocycles. The molecule has 0 amide bonds.